The number of Topliss-reactive ketones (excluding diaryl/α,β-unsaturated/α-hetero) is 1. The van der Waals surface area contributed by atoms with E-state index in [9.17, 15) is 4.79 Å². The van der Waals surface area contributed by atoms with Crippen LogP contribution in [0, 0.1) is 0 Å². The van der Waals surface area contributed by atoms with Crippen LogP contribution in [0.25, 0.3) is 0 Å². The Morgan fingerprint density at radius 2 is 1.83 bits per heavy atom. The molecule has 23 heavy (non-hydrogen) atoms. The smallest absolute Gasteiger partial charge is 0.193 e. The topological polar surface area (TPSA) is 35.5 Å². The summed E-state index contributed by atoms with van der Waals surface area (Å²) in [7, 11) is 3.17. The molecule has 0 unspecified atom stereocenters. The van der Waals surface area contributed by atoms with Crippen LogP contribution >= 0.6 is 0 Å². The number of rotatable bonds is 9. The molecule has 0 spiro atoms. The van der Waals surface area contributed by atoms with Gasteiger partial charge in [0.25, 0.3) is 0 Å². The van der Waals surface area contributed by atoms with Crippen molar-refractivity contribution >= 4 is 5.78 Å². The Labute approximate surface area is 139 Å². The molecule has 0 fully saturated rings. The lowest BCUT2D eigenvalue weighted by molar-refractivity contribution is 0.103. The number of benzene rings is 1. The first-order valence-corrected chi connectivity index (χ1v) is 7.91. The van der Waals surface area contributed by atoms with Crippen molar-refractivity contribution in [1.82, 2.24) is 0 Å². The van der Waals surface area contributed by atoms with Crippen molar-refractivity contribution in [1.29, 1.82) is 0 Å². The van der Waals surface area contributed by atoms with Crippen molar-refractivity contribution in [3.8, 4) is 11.5 Å². The highest BCUT2D eigenvalue weighted by molar-refractivity contribution is 6.11. The molecule has 0 aromatic heterocycles. The Bertz CT molecular complexity index is 610. The number of carbonyl (C=O) groups excluding carboxylic acids is 1. The molecule has 0 aliphatic carbocycles. The zero-order valence-electron chi connectivity index (χ0n) is 14.5. The van der Waals surface area contributed by atoms with E-state index in [1.807, 2.05) is 19.1 Å². The standard InChI is InChI=1S/C20H26O3/c1-6-9-11-16(12-10-7-2)20(21)17-14-19(23-5)18(22-4)13-15(17)8-3/h6,9,11-14H,1,7-8,10H2,2-5H3/b11-9-,16-12+. The molecule has 0 amide bonds. The van der Waals surface area contributed by atoms with Gasteiger partial charge >= 0.3 is 0 Å². The summed E-state index contributed by atoms with van der Waals surface area (Å²) >= 11 is 0. The van der Waals surface area contributed by atoms with Crippen LogP contribution in [-0.4, -0.2) is 20.0 Å². The van der Waals surface area contributed by atoms with Gasteiger partial charge in [0.05, 0.1) is 14.2 Å². The Morgan fingerprint density at radius 1 is 1.17 bits per heavy atom. The molecule has 0 aliphatic rings. The van der Waals surface area contributed by atoms with Crippen LogP contribution in [0.3, 0.4) is 0 Å². The summed E-state index contributed by atoms with van der Waals surface area (Å²) in [6.07, 6.45) is 9.82. The van der Waals surface area contributed by atoms with Gasteiger partial charge in [0.15, 0.2) is 17.3 Å². The van der Waals surface area contributed by atoms with Gasteiger partial charge in [0.1, 0.15) is 0 Å². The average Bonchev–Trinajstić information content (AvgIpc) is 2.59. The maximum absolute atomic E-state index is 13.0. The Balaban J connectivity index is 3.37. The molecule has 0 radical (unpaired) electrons. The fourth-order valence-electron chi connectivity index (χ4n) is 2.29. The number of allylic oxidation sites excluding steroid dienone is 5. The van der Waals surface area contributed by atoms with E-state index < -0.39 is 0 Å². The molecule has 3 nitrogen and oxygen atoms in total. The minimum Gasteiger partial charge on any atom is -0.493 e. The molecule has 124 valence electrons. The molecule has 0 saturated heterocycles. The second-order valence-corrected chi connectivity index (χ2v) is 5.09. The second kappa shape index (κ2) is 9.67. The van der Waals surface area contributed by atoms with Gasteiger partial charge in [0, 0.05) is 11.1 Å². The summed E-state index contributed by atoms with van der Waals surface area (Å²) in [5, 5.41) is 0. The molecule has 0 bridgehead atoms. The zero-order chi connectivity index (χ0) is 17.2. The molecule has 3 heteroatoms. The van der Waals surface area contributed by atoms with Crippen LogP contribution in [0.15, 0.2) is 48.6 Å². The lowest BCUT2D eigenvalue weighted by atomic mass is 9.95. The van der Waals surface area contributed by atoms with Gasteiger partial charge in [-0.05, 0) is 30.5 Å². The van der Waals surface area contributed by atoms with Crippen molar-refractivity contribution in [2.24, 2.45) is 0 Å². The first-order valence-electron chi connectivity index (χ1n) is 7.91. The number of hydrogen-bond donors (Lipinski definition) is 0. The normalized spacial score (nSPS) is 11.6. The zero-order valence-corrected chi connectivity index (χ0v) is 14.5. The lowest BCUT2D eigenvalue weighted by Crippen LogP contribution is -2.07. The fraction of sp³-hybridized carbons (Fsp3) is 0.350. The predicted octanol–water partition coefficient (Wildman–Crippen LogP) is 4.92. The summed E-state index contributed by atoms with van der Waals surface area (Å²) in [5.74, 6) is 1.20. The highest BCUT2D eigenvalue weighted by Gasteiger charge is 2.17. The van der Waals surface area contributed by atoms with Gasteiger partial charge in [-0.15, -0.1) is 0 Å². The Kier molecular flexibility index (Phi) is 7.89. The van der Waals surface area contributed by atoms with Gasteiger partial charge in [-0.25, -0.2) is 0 Å². The first kappa shape index (κ1) is 18.8. The van der Waals surface area contributed by atoms with Crippen LogP contribution < -0.4 is 9.47 Å². The molecule has 0 saturated carbocycles. The number of unbranched alkanes of at least 4 members (excludes halogenated alkanes) is 1. The van der Waals surface area contributed by atoms with Crippen LogP contribution in [-0.2, 0) is 6.42 Å². The molecule has 0 atom stereocenters. The van der Waals surface area contributed by atoms with Crippen molar-refractivity contribution < 1.29 is 14.3 Å². The monoisotopic (exact) mass is 314 g/mol. The molecule has 0 N–H and O–H groups in total. The second-order valence-electron chi connectivity index (χ2n) is 5.09. The molecule has 1 aromatic rings. The summed E-state index contributed by atoms with van der Waals surface area (Å²) in [6, 6.07) is 3.64. The van der Waals surface area contributed by atoms with E-state index in [-0.39, 0.29) is 5.78 Å². The highest BCUT2D eigenvalue weighted by Crippen LogP contribution is 2.32. The minimum absolute atomic E-state index is 0.00523. The number of carbonyl (C=O) groups is 1. The number of hydrogen-bond acceptors (Lipinski definition) is 3. The van der Waals surface area contributed by atoms with E-state index in [4.69, 9.17) is 9.47 Å². The number of ketones is 1. The quantitative estimate of drug-likeness (QED) is 0.369. The van der Waals surface area contributed by atoms with Gasteiger partial charge in [-0.2, -0.15) is 0 Å². The van der Waals surface area contributed by atoms with Gasteiger partial charge < -0.3 is 9.47 Å². The SMILES string of the molecule is C=C/C=C\C(=C/CCC)C(=O)c1cc(OC)c(OC)cc1CC. The fourth-order valence-corrected chi connectivity index (χ4v) is 2.29. The third-order valence-corrected chi connectivity index (χ3v) is 3.56. The molecule has 0 heterocycles. The van der Waals surface area contributed by atoms with E-state index >= 15 is 0 Å². The average molecular weight is 314 g/mol. The third-order valence-electron chi connectivity index (χ3n) is 3.56. The first-order chi connectivity index (χ1) is 11.1. The van der Waals surface area contributed by atoms with E-state index in [0.29, 0.717) is 22.6 Å². The van der Waals surface area contributed by atoms with Gasteiger partial charge in [-0.3, -0.25) is 4.79 Å². The Hall–Kier alpha value is -2.29. The van der Waals surface area contributed by atoms with E-state index in [1.54, 1.807) is 38.5 Å². The Morgan fingerprint density at radius 3 is 2.35 bits per heavy atom. The highest BCUT2D eigenvalue weighted by atomic mass is 16.5. The van der Waals surface area contributed by atoms with Crippen LogP contribution in [0.1, 0.15) is 42.6 Å². The van der Waals surface area contributed by atoms with Crippen molar-refractivity contribution in [3.05, 3.63) is 59.7 Å². The lowest BCUT2D eigenvalue weighted by Gasteiger charge is -2.14. The summed E-state index contributed by atoms with van der Waals surface area (Å²) < 4.78 is 10.7. The van der Waals surface area contributed by atoms with Gasteiger partial charge in [0.2, 0.25) is 0 Å². The van der Waals surface area contributed by atoms with Gasteiger partial charge in [-0.1, -0.05) is 51.2 Å². The molecule has 0 aliphatic heterocycles. The van der Waals surface area contributed by atoms with Crippen molar-refractivity contribution in [3.63, 3.8) is 0 Å². The molecule has 1 rings (SSSR count). The maximum atomic E-state index is 13.0. The van der Waals surface area contributed by atoms with Crippen LogP contribution in [0.2, 0.25) is 0 Å². The summed E-state index contributed by atoms with van der Waals surface area (Å²) in [5.41, 5.74) is 2.27. The summed E-state index contributed by atoms with van der Waals surface area (Å²) in [4.78, 5) is 13.0. The number of ether oxygens (including phenoxy) is 2. The molecular weight excluding hydrogens is 288 g/mol. The van der Waals surface area contributed by atoms with Crippen molar-refractivity contribution in [2.45, 2.75) is 33.1 Å². The predicted molar refractivity (Wildman–Crippen MR) is 95.6 cm³/mol. The largest absolute Gasteiger partial charge is 0.493 e. The number of aryl methyl sites for hydroxylation is 1. The van der Waals surface area contributed by atoms with Crippen LogP contribution in [0.4, 0.5) is 0 Å². The number of methoxy groups -OCH3 is 2. The third kappa shape index (κ3) is 4.85. The minimum atomic E-state index is -0.00523. The molecule has 1 aromatic carbocycles. The van der Waals surface area contributed by atoms with E-state index in [2.05, 4.69) is 13.5 Å². The van der Waals surface area contributed by atoms with E-state index in [0.717, 1.165) is 24.8 Å². The van der Waals surface area contributed by atoms with Crippen LogP contribution in [0.5, 0.6) is 11.5 Å². The van der Waals surface area contributed by atoms with Crippen molar-refractivity contribution in [2.75, 3.05) is 14.2 Å². The molecular formula is C20H26O3. The van der Waals surface area contributed by atoms with E-state index in [1.165, 1.54) is 0 Å². The summed E-state index contributed by atoms with van der Waals surface area (Å²) in [6.45, 7) is 7.77. The maximum Gasteiger partial charge on any atom is 0.193 e.